The Bertz CT molecular complexity index is 546. The summed E-state index contributed by atoms with van der Waals surface area (Å²) in [5.74, 6) is -0.209. The number of nitrogens with one attached hydrogen (secondary N) is 1. The Morgan fingerprint density at radius 1 is 1.29 bits per heavy atom. The van der Waals surface area contributed by atoms with Gasteiger partial charge < -0.3 is 10.1 Å². The van der Waals surface area contributed by atoms with Gasteiger partial charge >= 0.3 is 0 Å². The molecule has 0 fully saturated rings. The molecule has 1 heterocycles. The van der Waals surface area contributed by atoms with Gasteiger partial charge in [0, 0.05) is 25.5 Å². The molecule has 0 aliphatic heterocycles. The van der Waals surface area contributed by atoms with Crippen LogP contribution in [-0.4, -0.2) is 29.0 Å². The predicted octanol–water partition coefficient (Wildman–Crippen LogP) is 2.37. The quantitative estimate of drug-likeness (QED) is 0.793. The Kier molecular flexibility index (Phi) is 5.84. The van der Waals surface area contributed by atoms with Crippen LogP contribution in [0.2, 0.25) is 0 Å². The number of carbonyl (C=O) groups excluding carboxylic acids is 1. The van der Waals surface area contributed by atoms with Crippen molar-refractivity contribution in [1.29, 1.82) is 0 Å². The van der Waals surface area contributed by atoms with Gasteiger partial charge in [-0.2, -0.15) is 0 Å². The third kappa shape index (κ3) is 4.96. The Morgan fingerprint density at radius 3 is 2.81 bits per heavy atom. The van der Waals surface area contributed by atoms with Crippen molar-refractivity contribution in [3.8, 4) is 0 Å². The molecule has 110 valence electrons. The second kappa shape index (κ2) is 8.11. The van der Waals surface area contributed by atoms with E-state index in [9.17, 15) is 4.79 Å². The molecule has 1 aromatic carbocycles. The molecule has 5 nitrogen and oxygen atoms in total. The lowest BCUT2D eigenvalue weighted by atomic mass is 10.1. The van der Waals surface area contributed by atoms with Crippen LogP contribution < -0.4 is 5.32 Å². The molecular weight excluding hydrogens is 266 g/mol. The predicted molar refractivity (Wildman–Crippen MR) is 79.8 cm³/mol. The average molecular weight is 285 g/mol. The largest absolute Gasteiger partial charge is 0.374 e. The average Bonchev–Trinajstić information content (AvgIpc) is 2.55. The minimum Gasteiger partial charge on any atom is -0.374 e. The highest BCUT2D eigenvalue weighted by atomic mass is 16.5. The highest BCUT2D eigenvalue weighted by Gasteiger charge is 2.07. The summed E-state index contributed by atoms with van der Waals surface area (Å²) < 4.78 is 5.74. The molecule has 1 unspecified atom stereocenters. The number of benzene rings is 1. The Labute approximate surface area is 124 Å². The van der Waals surface area contributed by atoms with Crippen molar-refractivity contribution < 1.29 is 9.53 Å². The van der Waals surface area contributed by atoms with Crippen molar-refractivity contribution >= 4 is 5.91 Å². The number of rotatable bonds is 7. The fourth-order valence-electron chi connectivity index (χ4n) is 1.86. The van der Waals surface area contributed by atoms with Crippen LogP contribution in [0.4, 0.5) is 0 Å². The summed E-state index contributed by atoms with van der Waals surface area (Å²) in [5, 5.41) is 2.79. The molecule has 0 saturated heterocycles. The van der Waals surface area contributed by atoms with E-state index in [0.717, 1.165) is 12.0 Å². The fraction of sp³-hybridized carbons (Fsp3) is 0.312. The zero-order valence-electron chi connectivity index (χ0n) is 12.0. The number of nitrogens with zero attached hydrogens (tertiary/aromatic N) is 2. The van der Waals surface area contributed by atoms with Gasteiger partial charge in [0.05, 0.1) is 12.3 Å². The van der Waals surface area contributed by atoms with Crippen LogP contribution in [0.1, 0.15) is 35.5 Å². The van der Waals surface area contributed by atoms with E-state index in [4.69, 9.17) is 4.74 Å². The van der Waals surface area contributed by atoms with Gasteiger partial charge in [0.2, 0.25) is 0 Å². The maximum absolute atomic E-state index is 11.7. The third-order valence-electron chi connectivity index (χ3n) is 3.04. The first kappa shape index (κ1) is 15.1. The summed E-state index contributed by atoms with van der Waals surface area (Å²) in [7, 11) is 0. The van der Waals surface area contributed by atoms with E-state index in [1.54, 1.807) is 0 Å². The van der Waals surface area contributed by atoms with Crippen LogP contribution in [-0.2, 0) is 4.74 Å². The maximum atomic E-state index is 11.7. The molecule has 1 aromatic heterocycles. The van der Waals surface area contributed by atoms with Crippen molar-refractivity contribution in [3.05, 3.63) is 60.2 Å². The van der Waals surface area contributed by atoms with Crippen LogP contribution in [0.5, 0.6) is 0 Å². The number of hydrogen-bond donors (Lipinski definition) is 1. The van der Waals surface area contributed by atoms with Gasteiger partial charge in [0.25, 0.3) is 5.91 Å². The molecule has 1 amide bonds. The molecule has 1 atom stereocenters. The first-order valence-electron chi connectivity index (χ1n) is 6.98. The lowest BCUT2D eigenvalue weighted by Gasteiger charge is -2.13. The molecule has 2 rings (SSSR count). The number of amides is 1. The van der Waals surface area contributed by atoms with E-state index in [-0.39, 0.29) is 12.0 Å². The first-order valence-corrected chi connectivity index (χ1v) is 6.98. The Balaban J connectivity index is 1.63. The first-order chi connectivity index (χ1) is 10.3. The molecule has 5 heteroatoms. The van der Waals surface area contributed by atoms with Gasteiger partial charge in [0.1, 0.15) is 5.69 Å². The normalized spacial score (nSPS) is 11.9. The molecule has 0 radical (unpaired) electrons. The number of hydrogen-bond acceptors (Lipinski definition) is 4. The molecule has 2 aromatic rings. The van der Waals surface area contributed by atoms with E-state index in [1.165, 1.54) is 18.6 Å². The summed E-state index contributed by atoms with van der Waals surface area (Å²) in [4.78, 5) is 19.5. The van der Waals surface area contributed by atoms with Gasteiger partial charge in [-0.1, -0.05) is 30.3 Å². The maximum Gasteiger partial charge on any atom is 0.271 e. The zero-order chi connectivity index (χ0) is 14.9. The lowest BCUT2D eigenvalue weighted by Crippen LogP contribution is -2.26. The standard InChI is InChI=1S/C16H19N3O2/c1-13(14-6-3-2-4-7-14)21-11-5-8-19-16(20)15-12-17-9-10-18-15/h2-4,6-7,9-10,12-13H,5,8,11H2,1H3,(H,19,20). The number of carbonyl (C=O) groups is 1. The smallest absolute Gasteiger partial charge is 0.271 e. The van der Waals surface area contributed by atoms with Crippen LogP contribution in [0.3, 0.4) is 0 Å². The highest BCUT2D eigenvalue weighted by Crippen LogP contribution is 2.15. The molecule has 0 aliphatic carbocycles. The summed E-state index contributed by atoms with van der Waals surface area (Å²) in [6.45, 7) is 3.17. The minimum absolute atomic E-state index is 0.0573. The van der Waals surface area contributed by atoms with Gasteiger partial charge in [-0.15, -0.1) is 0 Å². The van der Waals surface area contributed by atoms with Crippen LogP contribution in [0, 0.1) is 0 Å². The van der Waals surface area contributed by atoms with Crippen molar-refractivity contribution in [2.45, 2.75) is 19.4 Å². The molecule has 0 saturated carbocycles. The van der Waals surface area contributed by atoms with E-state index in [2.05, 4.69) is 15.3 Å². The van der Waals surface area contributed by atoms with Crippen molar-refractivity contribution in [1.82, 2.24) is 15.3 Å². The summed E-state index contributed by atoms with van der Waals surface area (Å²) >= 11 is 0. The number of aromatic nitrogens is 2. The Morgan fingerprint density at radius 2 is 2.10 bits per heavy atom. The van der Waals surface area contributed by atoms with Crippen molar-refractivity contribution in [2.75, 3.05) is 13.2 Å². The van der Waals surface area contributed by atoms with E-state index < -0.39 is 0 Å². The van der Waals surface area contributed by atoms with Gasteiger partial charge in [0.15, 0.2) is 0 Å². The molecule has 0 bridgehead atoms. The second-order valence-corrected chi connectivity index (χ2v) is 4.62. The van der Waals surface area contributed by atoms with E-state index in [1.807, 2.05) is 37.3 Å². The van der Waals surface area contributed by atoms with Crippen molar-refractivity contribution in [2.24, 2.45) is 0 Å². The summed E-state index contributed by atoms with van der Waals surface area (Å²) in [6.07, 6.45) is 5.30. The zero-order valence-corrected chi connectivity index (χ0v) is 12.0. The minimum atomic E-state index is -0.209. The third-order valence-corrected chi connectivity index (χ3v) is 3.04. The van der Waals surface area contributed by atoms with Crippen LogP contribution in [0.15, 0.2) is 48.9 Å². The van der Waals surface area contributed by atoms with Gasteiger partial charge in [-0.25, -0.2) is 4.98 Å². The van der Waals surface area contributed by atoms with E-state index >= 15 is 0 Å². The van der Waals surface area contributed by atoms with E-state index in [0.29, 0.717) is 18.8 Å². The van der Waals surface area contributed by atoms with Gasteiger partial charge in [-0.3, -0.25) is 9.78 Å². The topological polar surface area (TPSA) is 64.1 Å². The molecule has 0 spiro atoms. The summed E-state index contributed by atoms with van der Waals surface area (Å²) in [6, 6.07) is 10.1. The second-order valence-electron chi connectivity index (χ2n) is 4.62. The molecule has 0 aliphatic rings. The fourth-order valence-corrected chi connectivity index (χ4v) is 1.86. The molecular formula is C16H19N3O2. The Hall–Kier alpha value is -2.27. The monoisotopic (exact) mass is 285 g/mol. The molecule has 21 heavy (non-hydrogen) atoms. The SMILES string of the molecule is CC(OCCCNC(=O)c1cnccn1)c1ccccc1. The molecule has 1 N–H and O–H groups in total. The summed E-state index contributed by atoms with van der Waals surface area (Å²) in [5.41, 5.74) is 1.48. The highest BCUT2D eigenvalue weighted by molar-refractivity contribution is 5.91. The lowest BCUT2D eigenvalue weighted by molar-refractivity contribution is 0.0634. The van der Waals surface area contributed by atoms with Crippen molar-refractivity contribution in [3.63, 3.8) is 0 Å². The van der Waals surface area contributed by atoms with Gasteiger partial charge in [-0.05, 0) is 18.9 Å². The van der Waals surface area contributed by atoms with Crippen LogP contribution >= 0.6 is 0 Å². The number of ether oxygens (including phenoxy) is 1. The van der Waals surface area contributed by atoms with Crippen LogP contribution in [0.25, 0.3) is 0 Å².